The smallest absolute Gasteiger partial charge is 0.0475 e. The van der Waals surface area contributed by atoms with Crippen molar-refractivity contribution in [2.45, 2.75) is 19.3 Å². The highest BCUT2D eigenvalue weighted by Crippen LogP contribution is 2.51. The topological polar surface area (TPSA) is 3.24 Å². The molecule has 0 spiro atoms. The van der Waals surface area contributed by atoms with Gasteiger partial charge in [-0.25, -0.2) is 0 Å². The van der Waals surface area contributed by atoms with Gasteiger partial charge in [0.15, 0.2) is 0 Å². The Morgan fingerprint density at radius 2 is 0.906 bits per heavy atom. The first kappa shape index (κ1) is 31.5. The third-order valence-electron chi connectivity index (χ3n) is 11.1. The summed E-state index contributed by atoms with van der Waals surface area (Å²) in [5.41, 5.74) is 16.1. The summed E-state index contributed by atoms with van der Waals surface area (Å²) in [6.45, 7) is 4.74. The van der Waals surface area contributed by atoms with E-state index in [1.54, 1.807) is 0 Å². The van der Waals surface area contributed by atoms with E-state index in [0.29, 0.717) is 0 Å². The molecule has 0 N–H and O–H groups in total. The normalized spacial score (nSPS) is 12.9. The van der Waals surface area contributed by atoms with E-state index in [0.717, 1.165) is 17.1 Å². The standard InChI is InChI=1S/C51H37NS/c1-51(2)47-19-11-9-17-42(47)43-30-25-38(31-48(43)51)45-32-41(33-46-44-18-10-12-20-49(44)53-50(45)46)52(39-26-21-36(22-27-39)34-13-5-3-6-14-34)40-28-23-37(24-29-40)35-15-7-4-8-16-35/h3-33H,1-2H3. The zero-order valence-corrected chi connectivity index (χ0v) is 30.6. The Kier molecular flexibility index (Phi) is 7.42. The van der Waals surface area contributed by atoms with E-state index in [1.165, 1.54) is 75.8 Å². The zero-order chi connectivity index (χ0) is 35.5. The van der Waals surface area contributed by atoms with E-state index in [-0.39, 0.29) is 5.41 Å². The van der Waals surface area contributed by atoms with Crippen LogP contribution in [0, 0.1) is 0 Å². The summed E-state index contributed by atoms with van der Waals surface area (Å²) in [6, 6.07) is 69.0. The number of hydrogen-bond acceptors (Lipinski definition) is 2. The quantitative estimate of drug-likeness (QED) is 0.167. The summed E-state index contributed by atoms with van der Waals surface area (Å²) >= 11 is 1.90. The minimum Gasteiger partial charge on any atom is -0.310 e. The van der Waals surface area contributed by atoms with Crippen molar-refractivity contribution in [1.82, 2.24) is 0 Å². The Hall–Kier alpha value is -6.22. The summed E-state index contributed by atoms with van der Waals surface area (Å²) in [4.78, 5) is 2.42. The summed E-state index contributed by atoms with van der Waals surface area (Å²) in [5, 5.41) is 2.58. The van der Waals surface area contributed by atoms with E-state index in [4.69, 9.17) is 0 Å². The molecule has 0 atom stereocenters. The van der Waals surface area contributed by atoms with Gasteiger partial charge in [0.2, 0.25) is 0 Å². The maximum atomic E-state index is 2.46. The number of benzene rings is 8. The van der Waals surface area contributed by atoms with E-state index in [2.05, 4.69) is 207 Å². The minimum absolute atomic E-state index is 0.0775. The molecule has 10 rings (SSSR count). The van der Waals surface area contributed by atoms with Crippen LogP contribution in [-0.4, -0.2) is 0 Å². The van der Waals surface area contributed by atoms with Crippen molar-refractivity contribution in [2.75, 3.05) is 4.90 Å². The summed E-state index contributed by atoms with van der Waals surface area (Å²) in [5.74, 6) is 0. The molecule has 1 aliphatic rings. The molecule has 53 heavy (non-hydrogen) atoms. The molecule has 1 nitrogen and oxygen atoms in total. The molecule has 0 fully saturated rings. The molecule has 8 aromatic carbocycles. The van der Waals surface area contributed by atoms with Crippen LogP contribution in [0.3, 0.4) is 0 Å². The molecular formula is C51H37NS. The van der Waals surface area contributed by atoms with Gasteiger partial charge in [-0.3, -0.25) is 0 Å². The molecule has 0 saturated carbocycles. The lowest BCUT2D eigenvalue weighted by atomic mass is 9.81. The van der Waals surface area contributed by atoms with Crippen LogP contribution in [0.2, 0.25) is 0 Å². The van der Waals surface area contributed by atoms with Crippen molar-refractivity contribution >= 4 is 48.6 Å². The van der Waals surface area contributed by atoms with Gasteiger partial charge in [-0.1, -0.05) is 153 Å². The molecule has 0 saturated heterocycles. The lowest BCUT2D eigenvalue weighted by Crippen LogP contribution is -2.14. The fourth-order valence-electron chi connectivity index (χ4n) is 8.34. The molecule has 0 bridgehead atoms. The Balaban J connectivity index is 1.18. The van der Waals surface area contributed by atoms with Crippen LogP contribution < -0.4 is 4.90 Å². The van der Waals surface area contributed by atoms with Gasteiger partial charge in [-0.2, -0.15) is 0 Å². The Morgan fingerprint density at radius 3 is 1.57 bits per heavy atom. The minimum atomic E-state index is -0.0775. The molecule has 1 heterocycles. The third kappa shape index (κ3) is 5.29. The van der Waals surface area contributed by atoms with Crippen LogP contribution in [0.15, 0.2) is 188 Å². The zero-order valence-electron chi connectivity index (χ0n) is 29.8. The molecule has 0 amide bonds. The van der Waals surface area contributed by atoms with E-state index in [1.807, 2.05) is 11.3 Å². The highest BCUT2D eigenvalue weighted by Gasteiger charge is 2.35. The number of nitrogens with zero attached hydrogens (tertiary/aromatic N) is 1. The van der Waals surface area contributed by atoms with Gasteiger partial charge in [0.05, 0.1) is 0 Å². The Bertz CT molecular complexity index is 2690. The van der Waals surface area contributed by atoms with Crippen molar-refractivity contribution < 1.29 is 0 Å². The van der Waals surface area contributed by atoms with E-state index < -0.39 is 0 Å². The predicted molar refractivity (Wildman–Crippen MR) is 228 cm³/mol. The lowest BCUT2D eigenvalue weighted by molar-refractivity contribution is 0.660. The largest absolute Gasteiger partial charge is 0.310 e. The second-order valence-electron chi connectivity index (χ2n) is 14.6. The molecule has 0 aliphatic heterocycles. The number of hydrogen-bond donors (Lipinski definition) is 0. The number of thiophene rings is 1. The molecule has 1 aromatic heterocycles. The average molecular weight is 696 g/mol. The number of fused-ring (bicyclic) bond motifs is 6. The molecule has 0 unspecified atom stereocenters. The highest BCUT2D eigenvalue weighted by molar-refractivity contribution is 7.26. The van der Waals surface area contributed by atoms with Gasteiger partial charge < -0.3 is 4.90 Å². The van der Waals surface area contributed by atoms with Crippen LogP contribution in [0.4, 0.5) is 17.1 Å². The van der Waals surface area contributed by atoms with Crippen LogP contribution in [-0.2, 0) is 5.41 Å². The first-order valence-corrected chi connectivity index (χ1v) is 19.2. The molecular weight excluding hydrogens is 659 g/mol. The second kappa shape index (κ2) is 12.5. The van der Waals surface area contributed by atoms with Gasteiger partial charge >= 0.3 is 0 Å². The lowest BCUT2D eigenvalue weighted by Gasteiger charge is -2.27. The first-order chi connectivity index (χ1) is 26.0. The molecule has 252 valence electrons. The van der Waals surface area contributed by atoms with Crippen LogP contribution >= 0.6 is 11.3 Å². The second-order valence-corrected chi connectivity index (χ2v) is 15.6. The molecule has 9 aromatic rings. The van der Waals surface area contributed by atoms with Gasteiger partial charge in [-0.15, -0.1) is 11.3 Å². The molecule has 2 heteroatoms. The first-order valence-electron chi connectivity index (χ1n) is 18.3. The van der Waals surface area contributed by atoms with E-state index in [9.17, 15) is 0 Å². The van der Waals surface area contributed by atoms with E-state index >= 15 is 0 Å². The fraction of sp³-hybridized carbons (Fsp3) is 0.0588. The molecule has 1 aliphatic carbocycles. The van der Waals surface area contributed by atoms with Gasteiger partial charge in [-0.05, 0) is 98.6 Å². The highest BCUT2D eigenvalue weighted by atomic mass is 32.1. The predicted octanol–water partition coefficient (Wildman–Crippen LogP) is 14.8. The summed E-state index contributed by atoms with van der Waals surface area (Å²) in [6.07, 6.45) is 0. The van der Waals surface area contributed by atoms with Gasteiger partial charge in [0, 0.05) is 48.2 Å². The number of anilines is 3. The monoisotopic (exact) mass is 695 g/mol. The van der Waals surface area contributed by atoms with Crippen molar-refractivity contribution in [3.8, 4) is 44.5 Å². The van der Waals surface area contributed by atoms with Gasteiger partial charge in [0.1, 0.15) is 0 Å². The maximum absolute atomic E-state index is 2.46. The van der Waals surface area contributed by atoms with Crippen molar-refractivity contribution in [3.63, 3.8) is 0 Å². The third-order valence-corrected chi connectivity index (χ3v) is 12.3. The fourth-order valence-corrected chi connectivity index (χ4v) is 9.56. The van der Waals surface area contributed by atoms with Crippen LogP contribution in [0.1, 0.15) is 25.0 Å². The van der Waals surface area contributed by atoms with Gasteiger partial charge in [0.25, 0.3) is 0 Å². The van der Waals surface area contributed by atoms with Crippen molar-refractivity contribution in [3.05, 3.63) is 199 Å². The molecule has 0 radical (unpaired) electrons. The number of rotatable bonds is 6. The van der Waals surface area contributed by atoms with Crippen molar-refractivity contribution in [1.29, 1.82) is 0 Å². The summed E-state index contributed by atoms with van der Waals surface area (Å²) in [7, 11) is 0. The van der Waals surface area contributed by atoms with Crippen LogP contribution in [0.5, 0.6) is 0 Å². The maximum Gasteiger partial charge on any atom is 0.0475 e. The van der Waals surface area contributed by atoms with Crippen molar-refractivity contribution in [2.24, 2.45) is 0 Å². The summed E-state index contributed by atoms with van der Waals surface area (Å²) < 4.78 is 2.63. The van der Waals surface area contributed by atoms with Crippen LogP contribution in [0.25, 0.3) is 64.7 Å². The SMILES string of the molecule is CC1(C)c2ccccc2-c2ccc(-c3cc(N(c4ccc(-c5ccccc5)cc4)c4ccc(-c5ccccc5)cc4)cc4c3sc3ccccc34)cc21. The Labute approximate surface area is 315 Å². The average Bonchev–Trinajstić information content (AvgIpc) is 3.71. The Morgan fingerprint density at radius 1 is 0.377 bits per heavy atom.